The third-order valence-electron chi connectivity index (χ3n) is 4.74. The Morgan fingerprint density at radius 2 is 1.86 bits per heavy atom. The van der Waals surface area contributed by atoms with Crippen LogP contribution in [0.25, 0.3) is 0 Å². The van der Waals surface area contributed by atoms with Gasteiger partial charge in [0, 0.05) is 38.3 Å². The van der Waals surface area contributed by atoms with Crippen LogP contribution in [0.1, 0.15) is 10.4 Å². The summed E-state index contributed by atoms with van der Waals surface area (Å²) >= 11 is 0. The summed E-state index contributed by atoms with van der Waals surface area (Å²) in [5.74, 6) is 0.724. The Bertz CT molecular complexity index is 909. The molecular formula is C20H21N3O6. The second-order valence-electron chi connectivity index (χ2n) is 6.43. The van der Waals surface area contributed by atoms with Gasteiger partial charge in [-0.05, 0) is 18.2 Å². The van der Waals surface area contributed by atoms with Gasteiger partial charge in [-0.2, -0.15) is 0 Å². The first-order chi connectivity index (χ1) is 14.0. The van der Waals surface area contributed by atoms with Gasteiger partial charge in [0.25, 0.3) is 11.6 Å². The molecule has 1 fully saturated rings. The first-order valence-electron chi connectivity index (χ1n) is 9.05. The predicted octanol–water partition coefficient (Wildman–Crippen LogP) is 2.14. The van der Waals surface area contributed by atoms with E-state index in [1.165, 1.54) is 12.1 Å². The number of hydrogen-bond acceptors (Lipinski definition) is 7. The summed E-state index contributed by atoms with van der Waals surface area (Å²) in [6.07, 6.45) is 0.471. The third kappa shape index (κ3) is 4.63. The lowest BCUT2D eigenvalue weighted by atomic mass is 10.2. The number of nitro benzene ring substituents is 1. The smallest absolute Gasteiger partial charge is 0.270 e. The minimum atomic E-state index is -0.594. The van der Waals surface area contributed by atoms with Crippen LogP contribution in [0.15, 0.2) is 42.5 Å². The number of piperazine rings is 1. The zero-order valence-corrected chi connectivity index (χ0v) is 15.9. The number of methoxy groups -OCH3 is 1. The van der Waals surface area contributed by atoms with Gasteiger partial charge in [0.1, 0.15) is 11.5 Å². The molecule has 2 aromatic rings. The summed E-state index contributed by atoms with van der Waals surface area (Å²) in [6, 6.07) is 11.4. The van der Waals surface area contributed by atoms with Crippen molar-refractivity contribution in [3.63, 3.8) is 0 Å². The normalized spacial score (nSPS) is 13.7. The fourth-order valence-corrected chi connectivity index (χ4v) is 3.19. The number of nitrogens with zero attached hydrogens (tertiary/aromatic N) is 3. The second-order valence-corrected chi connectivity index (χ2v) is 6.43. The molecule has 0 N–H and O–H groups in total. The third-order valence-corrected chi connectivity index (χ3v) is 4.74. The number of para-hydroxylation sites is 2. The lowest BCUT2D eigenvalue weighted by Gasteiger charge is -2.36. The van der Waals surface area contributed by atoms with Gasteiger partial charge >= 0.3 is 0 Å². The molecule has 1 heterocycles. The van der Waals surface area contributed by atoms with Crippen molar-refractivity contribution in [2.75, 3.05) is 44.8 Å². The molecule has 0 radical (unpaired) electrons. The lowest BCUT2D eigenvalue weighted by molar-refractivity contribution is -0.384. The van der Waals surface area contributed by atoms with Crippen molar-refractivity contribution in [2.45, 2.75) is 0 Å². The number of nitro groups is 1. The highest BCUT2D eigenvalue weighted by molar-refractivity contribution is 5.82. The molecule has 1 aliphatic heterocycles. The molecule has 0 unspecified atom stereocenters. The predicted molar refractivity (Wildman–Crippen MR) is 106 cm³/mol. The van der Waals surface area contributed by atoms with E-state index in [4.69, 9.17) is 9.47 Å². The molecule has 2 aromatic carbocycles. The van der Waals surface area contributed by atoms with Crippen molar-refractivity contribution in [3.05, 3.63) is 58.1 Å². The first kappa shape index (κ1) is 20.1. The van der Waals surface area contributed by atoms with Crippen LogP contribution in [0.2, 0.25) is 0 Å². The highest BCUT2D eigenvalue weighted by Crippen LogP contribution is 2.28. The van der Waals surface area contributed by atoms with Crippen molar-refractivity contribution in [1.82, 2.24) is 4.90 Å². The summed E-state index contributed by atoms with van der Waals surface area (Å²) in [7, 11) is 1.63. The quantitative estimate of drug-likeness (QED) is 0.399. The number of carbonyl (C=O) groups is 2. The van der Waals surface area contributed by atoms with Crippen molar-refractivity contribution >= 4 is 23.6 Å². The Balaban J connectivity index is 1.56. The number of carbonyl (C=O) groups excluding carboxylic acids is 2. The van der Waals surface area contributed by atoms with Gasteiger partial charge in [0.2, 0.25) is 0 Å². The van der Waals surface area contributed by atoms with Gasteiger partial charge in [0.05, 0.1) is 23.3 Å². The molecular weight excluding hydrogens is 378 g/mol. The molecule has 9 nitrogen and oxygen atoms in total. The maximum Gasteiger partial charge on any atom is 0.270 e. The van der Waals surface area contributed by atoms with Crippen molar-refractivity contribution in [2.24, 2.45) is 0 Å². The molecule has 0 spiro atoms. The lowest BCUT2D eigenvalue weighted by Crippen LogP contribution is -2.50. The van der Waals surface area contributed by atoms with Crippen LogP contribution in [-0.4, -0.2) is 61.9 Å². The molecule has 29 heavy (non-hydrogen) atoms. The Labute approximate surface area is 167 Å². The Morgan fingerprint density at radius 3 is 2.52 bits per heavy atom. The zero-order chi connectivity index (χ0) is 20.8. The van der Waals surface area contributed by atoms with Crippen molar-refractivity contribution < 1.29 is 24.0 Å². The number of amides is 1. The van der Waals surface area contributed by atoms with E-state index in [1.54, 1.807) is 12.0 Å². The van der Waals surface area contributed by atoms with E-state index < -0.39 is 4.92 Å². The fourth-order valence-electron chi connectivity index (χ4n) is 3.19. The van der Waals surface area contributed by atoms with Crippen molar-refractivity contribution in [1.29, 1.82) is 0 Å². The summed E-state index contributed by atoms with van der Waals surface area (Å²) in [5.41, 5.74) is 0.811. The van der Waals surface area contributed by atoms with Gasteiger partial charge in [-0.1, -0.05) is 12.1 Å². The Hall–Kier alpha value is -3.62. The molecule has 3 rings (SSSR count). The largest absolute Gasteiger partial charge is 0.495 e. The van der Waals surface area contributed by atoms with Gasteiger partial charge in [0.15, 0.2) is 12.9 Å². The average Bonchev–Trinajstić information content (AvgIpc) is 2.77. The SMILES string of the molecule is COc1ccccc1N1CCN(C(=O)COc2ccc([N+](=O)[O-])cc2C=O)CC1. The highest BCUT2D eigenvalue weighted by atomic mass is 16.6. The zero-order valence-electron chi connectivity index (χ0n) is 15.9. The number of aldehydes is 1. The number of anilines is 1. The highest BCUT2D eigenvalue weighted by Gasteiger charge is 2.23. The van der Waals surface area contributed by atoms with E-state index in [-0.39, 0.29) is 29.5 Å². The van der Waals surface area contributed by atoms with Crippen LogP contribution in [0.5, 0.6) is 11.5 Å². The number of ether oxygens (including phenoxy) is 2. The van der Waals surface area contributed by atoms with E-state index in [0.29, 0.717) is 32.5 Å². The van der Waals surface area contributed by atoms with Crippen LogP contribution in [0.3, 0.4) is 0 Å². The second kappa shape index (κ2) is 9.05. The molecule has 0 aliphatic carbocycles. The van der Waals surface area contributed by atoms with Gasteiger partial charge in [-0.3, -0.25) is 19.7 Å². The van der Waals surface area contributed by atoms with E-state index in [2.05, 4.69) is 4.90 Å². The Kier molecular flexibility index (Phi) is 6.28. The molecule has 9 heteroatoms. The van der Waals surface area contributed by atoms with E-state index in [0.717, 1.165) is 17.5 Å². The van der Waals surface area contributed by atoms with Crippen LogP contribution in [0, 0.1) is 10.1 Å². The maximum atomic E-state index is 12.5. The molecule has 0 atom stereocenters. The minimum Gasteiger partial charge on any atom is -0.495 e. The van der Waals surface area contributed by atoms with E-state index in [1.807, 2.05) is 24.3 Å². The monoisotopic (exact) mass is 399 g/mol. The molecule has 1 saturated heterocycles. The topological polar surface area (TPSA) is 102 Å². The van der Waals surface area contributed by atoms with Crippen LogP contribution < -0.4 is 14.4 Å². The molecule has 152 valence electrons. The van der Waals surface area contributed by atoms with Crippen LogP contribution in [0.4, 0.5) is 11.4 Å². The summed E-state index contributed by atoms with van der Waals surface area (Å²) in [5, 5.41) is 10.8. The van der Waals surface area contributed by atoms with Crippen molar-refractivity contribution in [3.8, 4) is 11.5 Å². The summed E-state index contributed by atoms with van der Waals surface area (Å²) in [6.45, 7) is 2.13. The molecule has 0 saturated carbocycles. The van der Waals surface area contributed by atoms with Crippen LogP contribution >= 0.6 is 0 Å². The fraction of sp³-hybridized carbons (Fsp3) is 0.300. The average molecular weight is 399 g/mol. The molecule has 1 amide bonds. The van der Waals surface area contributed by atoms with Gasteiger partial charge in [-0.15, -0.1) is 0 Å². The van der Waals surface area contributed by atoms with Gasteiger partial charge in [-0.25, -0.2) is 0 Å². The van der Waals surface area contributed by atoms with E-state index >= 15 is 0 Å². The van der Waals surface area contributed by atoms with E-state index in [9.17, 15) is 19.7 Å². The first-order valence-corrected chi connectivity index (χ1v) is 9.05. The maximum absolute atomic E-state index is 12.5. The van der Waals surface area contributed by atoms with Gasteiger partial charge < -0.3 is 19.3 Å². The standard InChI is InChI=1S/C20H21N3O6/c1-28-19-5-3-2-4-17(19)21-8-10-22(11-9-21)20(25)14-29-18-7-6-16(23(26)27)12-15(18)13-24/h2-7,12-13H,8-11,14H2,1H3. The molecule has 0 aromatic heterocycles. The molecule has 1 aliphatic rings. The summed E-state index contributed by atoms with van der Waals surface area (Å²) in [4.78, 5) is 37.7. The minimum absolute atomic E-state index is 0.0352. The number of benzene rings is 2. The van der Waals surface area contributed by atoms with Crippen LogP contribution in [-0.2, 0) is 4.79 Å². The number of non-ortho nitro benzene ring substituents is 1. The Morgan fingerprint density at radius 1 is 1.14 bits per heavy atom. The number of hydrogen-bond donors (Lipinski definition) is 0. The summed E-state index contributed by atoms with van der Waals surface area (Å²) < 4.78 is 10.8. The molecule has 0 bridgehead atoms. The number of rotatable bonds is 7.